The van der Waals surface area contributed by atoms with E-state index >= 15 is 0 Å². The summed E-state index contributed by atoms with van der Waals surface area (Å²) in [6.07, 6.45) is 8.74. The van der Waals surface area contributed by atoms with Crippen LogP contribution in [0.5, 0.6) is 0 Å². The van der Waals surface area contributed by atoms with Crippen LogP contribution in [-0.2, 0) is 4.79 Å². The molecule has 0 aromatic rings. The number of ketones is 1. The van der Waals surface area contributed by atoms with Gasteiger partial charge in [0.25, 0.3) is 0 Å². The predicted octanol–water partition coefficient (Wildman–Crippen LogP) is 2.85. The maximum Gasteiger partial charge on any atom is 0.139 e. The molecular weight excluding hydrogens is 276 g/mol. The highest BCUT2D eigenvalue weighted by Crippen LogP contribution is 2.61. The number of carbonyl (C=O) groups excluding carboxylic acids is 1. The average Bonchev–Trinajstić information content (AvgIpc) is 2.84. The van der Waals surface area contributed by atoms with Gasteiger partial charge in [-0.2, -0.15) is 0 Å². The molecule has 0 spiro atoms. The van der Waals surface area contributed by atoms with E-state index in [0.29, 0.717) is 35.9 Å². The van der Waals surface area contributed by atoms with Gasteiger partial charge < -0.3 is 10.2 Å². The summed E-state index contributed by atoms with van der Waals surface area (Å²) in [5.41, 5.74) is 1.16. The number of Topliss-reactive ketones (excluding diaryl/α,β-unsaturated/α-hetero) is 1. The van der Waals surface area contributed by atoms with Gasteiger partial charge in [-0.1, -0.05) is 18.6 Å². The fourth-order valence-corrected chi connectivity index (χ4v) is 6.57. The molecule has 3 nitrogen and oxygen atoms in total. The lowest BCUT2D eigenvalue weighted by atomic mass is 9.50. The van der Waals surface area contributed by atoms with Crippen LogP contribution in [0, 0.1) is 29.1 Å². The predicted molar refractivity (Wildman–Crippen MR) is 84.1 cm³/mol. The SMILES string of the molecule is CC[C@]12C[C@@H](O)C3C4CCC(O)C=C4CCC3C1CCC2=O. The van der Waals surface area contributed by atoms with Crippen molar-refractivity contribution >= 4 is 5.78 Å². The van der Waals surface area contributed by atoms with Gasteiger partial charge in [0.05, 0.1) is 12.2 Å². The number of fused-ring (bicyclic) bond motifs is 5. The number of hydrogen-bond acceptors (Lipinski definition) is 3. The van der Waals surface area contributed by atoms with Crippen LogP contribution in [0.3, 0.4) is 0 Å². The summed E-state index contributed by atoms with van der Waals surface area (Å²) in [5.74, 6) is 2.18. The largest absolute Gasteiger partial charge is 0.393 e. The molecule has 0 aromatic heterocycles. The molecule has 7 atom stereocenters. The van der Waals surface area contributed by atoms with E-state index in [1.165, 1.54) is 5.57 Å². The molecule has 0 amide bonds. The molecule has 4 aliphatic rings. The van der Waals surface area contributed by atoms with E-state index < -0.39 is 0 Å². The second kappa shape index (κ2) is 5.17. The number of rotatable bonds is 1. The van der Waals surface area contributed by atoms with Gasteiger partial charge in [0.15, 0.2) is 0 Å². The molecule has 0 saturated heterocycles. The lowest BCUT2D eigenvalue weighted by molar-refractivity contribution is -0.143. The summed E-state index contributed by atoms with van der Waals surface area (Å²) >= 11 is 0. The van der Waals surface area contributed by atoms with Crippen LogP contribution in [0.15, 0.2) is 11.6 Å². The second-order valence-corrected chi connectivity index (χ2v) is 8.12. The van der Waals surface area contributed by atoms with Crippen LogP contribution in [-0.4, -0.2) is 28.2 Å². The molecule has 0 radical (unpaired) electrons. The van der Waals surface area contributed by atoms with E-state index in [-0.39, 0.29) is 17.6 Å². The third-order valence-corrected chi connectivity index (χ3v) is 7.49. The highest BCUT2D eigenvalue weighted by Gasteiger charge is 2.60. The van der Waals surface area contributed by atoms with Gasteiger partial charge >= 0.3 is 0 Å². The quantitative estimate of drug-likeness (QED) is 0.732. The number of allylic oxidation sites excluding steroid dienone is 1. The monoisotopic (exact) mass is 304 g/mol. The van der Waals surface area contributed by atoms with E-state index in [2.05, 4.69) is 13.0 Å². The fourth-order valence-electron chi connectivity index (χ4n) is 6.57. The van der Waals surface area contributed by atoms with Crippen LogP contribution in [0.2, 0.25) is 0 Å². The van der Waals surface area contributed by atoms with Crippen molar-refractivity contribution < 1.29 is 15.0 Å². The van der Waals surface area contributed by atoms with Crippen molar-refractivity contribution in [3.63, 3.8) is 0 Å². The normalized spacial score (nSPS) is 50.9. The minimum atomic E-state index is -0.341. The highest BCUT2D eigenvalue weighted by atomic mass is 16.3. The van der Waals surface area contributed by atoms with Crippen molar-refractivity contribution in [1.82, 2.24) is 0 Å². The number of hydrogen-bond donors (Lipinski definition) is 2. The Morgan fingerprint density at radius 3 is 2.77 bits per heavy atom. The number of aliphatic hydroxyl groups excluding tert-OH is 2. The van der Waals surface area contributed by atoms with Crippen LogP contribution >= 0.6 is 0 Å². The maximum atomic E-state index is 12.6. The van der Waals surface area contributed by atoms with Gasteiger partial charge in [-0.25, -0.2) is 0 Å². The molecule has 3 fully saturated rings. The van der Waals surface area contributed by atoms with Crippen LogP contribution in [0.1, 0.15) is 58.3 Å². The molecule has 122 valence electrons. The Kier molecular flexibility index (Phi) is 3.50. The third-order valence-electron chi connectivity index (χ3n) is 7.49. The maximum absolute atomic E-state index is 12.6. The third kappa shape index (κ3) is 1.91. The van der Waals surface area contributed by atoms with E-state index in [1.54, 1.807) is 0 Å². The fraction of sp³-hybridized carbons (Fsp3) is 0.842. The van der Waals surface area contributed by atoms with Crippen molar-refractivity contribution in [3.8, 4) is 0 Å². The first kappa shape index (κ1) is 14.9. The number of carbonyl (C=O) groups is 1. The first-order valence-corrected chi connectivity index (χ1v) is 9.17. The Labute approximate surface area is 132 Å². The molecule has 5 unspecified atom stereocenters. The van der Waals surface area contributed by atoms with Crippen molar-refractivity contribution in [1.29, 1.82) is 0 Å². The molecule has 4 aliphatic carbocycles. The van der Waals surface area contributed by atoms with Gasteiger partial charge in [-0.05, 0) is 68.6 Å². The molecule has 0 aliphatic heterocycles. The summed E-state index contributed by atoms with van der Waals surface area (Å²) in [4.78, 5) is 12.6. The Morgan fingerprint density at radius 1 is 1.18 bits per heavy atom. The second-order valence-electron chi connectivity index (χ2n) is 8.12. The van der Waals surface area contributed by atoms with Gasteiger partial charge in [-0.3, -0.25) is 4.79 Å². The molecule has 0 bridgehead atoms. The Hall–Kier alpha value is -0.670. The minimum absolute atomic E-state index is 0.226. The summed E-state index contributed by atoms with van der Waals surface area (Å²) in [6.45, 7) is 2.13. The standard InChI is InChI=1S/C19H28O3/c1-2-19-10-16(21)18-13-6-4-12(20)9-11(13)3-5-14(18)15(19)7-8-17(19)22/h9,12-16,18,20-21H,2-8,10H2,1H3/t12?,13?,14?,15?,16-,18?,19+/m1/s1. The number of aliphatic hydroxyl groups is 2. The lowest BCUT2D eigenvalue weighted by Crippen LogP contribution is -2.54. The summed E-state index contributed by atoms with van der Waals surface area (Å²) < 4.78 is 0. The van der Waals surface area contributed by atoms with Crippen molar-refractivity contribution in [3.05, 3.63) is 11.6 Å². The van der Waals surface area contributed by atoms with Gasteiger partial charge in [-0.15, -0.1) is 0 Å². The summed E-state index contributed by atoms with van der Waals surface area (Å²) in [7, 11) is 0. The zero-order valence-electron chi connectivity index (χ0n) is 13.5. The smallest absolute Gasteiger partial charge is 0.139 e. The topological polar surface area (TPSA) is 57.5 Å². The van der Waals surface area contributed by atoms with E-state index in [4.69, 9.17) is 0 Å². The zero-order chi connectivity index (χ0) is 15.5. The molecular formula is C19H28O3. The van der Waals surface area contributed by atoms with E-state index in [1.807, 2.05) is 0 Å². The van der Waals surface area contributed by atoms with E-state index in [0.717, 1.165) is 44.9 Å². The lowest BCUT2D eigenvalue weighted by Gasteiger charge is -2.55. The van der Waals surface area contributed by atoms with Gasteiger partial charge in [0.1, 0.15) is 5.78 Å². The van der Waals surface area contributed by atoms with Crippen molar-refractivity contribution in [2.24, 2.45) is 29.1 Å². The van der Waals surface area contributed by atoms with Crippen LogP contribution in [0.4, 0.5) is 0 Å². The molecule has 3 saturated carbocycles. The van der Waals surface area contributed by atoms with Crippen LogP contribution in [0.25, 0.3) is 0 Å². The molecule has 0 aromatic carbocycles. The van der Waals surface area contributed by atoms with E-state index in [9.17, 15) is 15.0 Å². The molecule has 2 N–H and O–H groups in total. The zero-order valence-corrected chi connectivity index (χ0v) is 13.5. The summed E-state index contributed by atoms with van der Waals surface area (Å²) in [5, 5.41) is 20.8. The molecule has 22 heavy (non-hydrogen) atoms. The summed E-state index contributed by atoms with van der Waals surface area (Å²) in [6, 6.07) is 0. The average molecular weight is 304 g/mol. The van der Waals surface area contributed by atoms with Crippen LogP contribution < -0.4 is 0 Å². The molecule has 4 rings (SSSR count). The Morgan fingerprint density at radius 2 is 2.00 bits per heavy atom. The van der Waals surface area contributed by atoms with Crippen molar-refractivity contribution in [2.45, 2.75) is 70.5 Å². The Bertz CT molecular complexity index is 511. The van der Waals surface area contributed by atoms with Crippen molar-refractivity contribution in [2.75, 3.05) is 0 Å². The first-order valence-electron chi connectivity index (χ1n) is 9.17. The highest BCUT2D eigenvalue weighted by molar-refractivity contribution is 5.87. The van der Waals surface area contributed by atoms with Gasteiger partial charge in [0, 0.05) is 11.8 Å². The first-order chi connectivity index (χ1) is 10.6. The minimum Gasteiger partial charge on any atom is -0.393 e. The Balaban J connectivity index is 1.69. The molecule has 0 heterocycles. The molecule has 3 heteroatoms. The van der Waals surface area contributed by atoms with Gasteiger partial charge in [0.2, 0.25) is 0 Å².